The lowest BCUT2D eigenvalue weighted by Gasteiger charge is -2.29. The monoisotopic (exact) mass is 429 g/mol. The molecule has 1 aromatic heterocycles. The highest BCUT2D eigenvalue weighted by Gasteiger charge is 2.46. The third kappa shape index (κ3) is 3.65. The van der Waals surface area contributed by atoms with Crippen LogP contribution in [0.3, 0.4) is 0 Å². The van der Waals surface area contributed by atoms with Gasteiger partial charge in [-0.3, -0.25) is 4.98 Å². The van der Waals surface area contributed by atoms with Crippen LogP contribution in [-0.4, -0.2) is 28.5 Å². The number of carbonyl (C=O) groups is 1. The third-order valence-corrected chi connectivity index (χ3v) is 7.36. The minimum absolute atomic E-state index is 0.291. The third-order valence-electron chi connectivity index (χ3n) is 7.36. The van der Waals surface area contributed by atoms with Crippen LogP contribution in [0.4, 0.5) is 5.69 Å². The van der Waals surface area contributed by atoms with E-state index in [1.165, 1.54) is 0 Å². The summed E-state index contributed by atoms with van der Waals surface area (Å²) in [6.07, 6.45) is 8.87. The van der Waals surface area contributed by atoms with Gasteiger partial charge < -0.3 is 21.0 Å². The zero-order valence-corrected chi connectivity index (χ0v) is 18.8. The smallest absolute Gasteiger partial charge is 0.130 e. The molecule has 2 saturated carbocycles. The molecule has 0 unspecified atom stereocenters. The Labute approximate surface area is 189 Å². The van der Waals surface area contributed by atoms with Crippen LogP contribution in [0.2, 0.25) is 0 Å². The summed E-state index contributed by atoms with van der Waals surface area (Å²) in [7, 11) is 0. The molecule has 0 spiro atoms. The number of hydrogen-bond donors (Lipinski definition) is 3. The molecule has 1 heterocycles. The van der Waals surface area contributed by atoms with Crippen molar-refractivity contribution in [3.63, 3.8) is 0 Å². The summed E-state index contributed by atoms with van der Waals surface area (Å²) in [4.78, 5) is 16.7. The number of fused-ring (bicyclic) bond motifs is 1. The highest BCUT2D eigenvalue weighted by atomic mass is 16.3. The summed E-state index contributed by atoms with van der Waals surface area (Å²) < 4.78 is 0. The molecule has 32 heavy (non-hydrogen) atoms. The number of carbonyl (C=O) groups excluding carboxylic acids is 1. The van der Waals surface area contributed by atoms with E-state index < -0.39 is 5.41 Å². The van der Waals surface area contributed by atoms with E-state index in [0.29, 0.717) is 17.8 Å². The summed E-state index contributed by atoms with van der Waals surface area (Å²) in [6.45, 7) is 3.85. The highest BCUT2D eigenvalue weighted by Crippen LogP contribution is 2.50. The number of aldehydes is 1. The van der Waals surface area contributed by atoms with Gasteiger partial charge in [0.05, 0.1) is 10.9 Å². The van der Waals surface area contributed by atoms with Crippen molar-refractivity contribution in [1.29, 1.82) is 0 Å². The van der Waals surface area contributed by atoms with Crippen LogP contribution < -0.4 is 11.1 Å². The van der Waals surface area contributed by atoms with Gasteiger partial charge in [-0.25, -0.2) is 0 Å². The van der Waals surface area contributed by atoms with Crippen LogP contribution in [0.25, 0.3) is 22.0 Å². The van der Waals surface area contributed by atoms with E-state index in [0.717, 1.165) is 89.2 Å². The summed E-state index contributed by atoms with van der Waals surface area (Å²) in [5.41, 5.74) is 12.6. The van der Waals surface area contributed by atoms with Crippen LogP contribution in [-0.2, 0) is 10.2 Å². The number of benzene rings is 2. The summed E-state index contributed by atoms with van der Waals surface area (Å²) >= 11 is 0. The molecule has 166 valence electrons. The van der Waals surface area contributed by atoms with Crippen molar-refractivity contribution in [2.45, 2.75) is 69.9 Å². The second-order valence-corrected chi connectivity index (χ2v) is 9.77. The number of phenols is 1. The van der Waals surface area contributed by atoms with Gasteiger partial charge in [0, 0.05) is 34.9 Å². The molecule has 2 aliphatic rings. The fourth-order valence-corrected chi connectivity index (χ4v) is 5.08. The molecule has 3 aromatic rings. The van der Waals surface area contributed by atoms with E-state index in [4.69, 9.17) is 10.7 Å². The molecule has 5 rings (SSSR count). The number of pyridine rings is 1. The van der Waals surface area contributed by atoms with Gasteiger partial charge in [0.15, 0.2) is 0 Å². The fraction of sp³-hybridized carbons (Fsp3) is 0.407. The number of aromatic hydroxyl groups is 1. The van der Waals surface area contributed by atoms with Gasteiger partial charge >= 0.3 is 0 Å². The molecule has 5 heteroatoms. The molecule has 0 bridgehead atoms. The molecule has 2 fully saturated rings. The highest BCUT2D eigenvalue weighted by molar-refractivity contribution is 5.98. The van der Waals surface area contributed by atoms with E-state index in [2.05, 4.69) is 23.5 Å². The number of nitrogens with two attached hydrogens (primary N) is 1. The van der Waals surface area contributed by atoms with Gasteiger partial charge in [0.2, 0.25) is 0 Å². The van der Waals surface area contributed by atoms with Crippen molar-refractivity contribution in [1.82, 2.24) is 4.98 Å². The van der Waals surface area contributed by atoms with Gasteiger partial charge in [-0.2, -0.15) is 0 Å². The van der Waals surface area contributed by atoms with Crippen molar-refractivity contribution in [3.05, 3.63) is 53.2 Å². The predicted molar refractivity (Wildman–Crippen MR) is 129 cm³/mol. The van der Waals surface area contributed by atoms with Crippen molar-refractivity contribution >= 4 is 22.9 Å². The Morgan fingerprint density at radius 1 is 1.06 bits per heavy atom. The van der Waals surface area contributed by atoms with E-state index in [-0.39, 0.29) is 0 Å². The summed E-state index contributed by atoms with van der Waals surface area (Å²) in [5.74, 6) is 0.345. The largest absolute Gasteiger partial charge is 0.507 e. The fourth-order valence-electron chi connectivity index (χ4n) is 5.08. The normalized spacial score (nSPS) is 22.0. The van der Waals surface area contributed by atoms with E-state index in [9.17, 15) is 9.90 Å². The van der Waals surface area contributed by atoms with Crippen molar-refractivity contribution in [3.8, 4) is 16.9 Å². The SMILES string of the molecule is Cc1cc(-c2ccc3ncc(C4(C=O)CC4)c(NC4CCC(N)CC4)c3c2)cc(C)c1O. The lowest BCUT2D eigenvalue weighted by molar-refractivity contribution is -0.109. The minimum Gasteiger partial charge on any atom is -0.507 e. The maximum atomic E-state index is 12.0. The first kappa shape index (κ1) is 21.0. The lowest BCUT2D eigenvalue weighted by atomic mass is 9.89. The first-order valence-electron chi connectivity index (χ1n) is 11.6. The number of phenolic OH excluding ortho intramolecular Hbond substituents is 1. The molecular weight excluding hydrogens is 398 g/mol. The van der Waals surface area contributed by atoms with Crippen LogP contribution in [0.1, 0.15) is 55.2 Å². The molecule has 0 radical (unpaired) electrons. The number of aromatic nitrogens is 1. The number of nitrogens with one attached hydrogen (secondary N) is 1. The van der Waals surface area contributed by atoms with E-state index in [1.54, 1.807) is 0 Å². The molecule has 2 aliphatic carbocycles. The van der Waals surface area contributed by atoms with Crippen LogP contribution >= 0.6 is 0 Å². The first-order chi connectivity index (χ1) is 15.4. The molecule has 2 aromatic carbocycles. The van der Waals surface area contributed by atoms with Crippen LogP contribution in [0, 0.1) is 13.8 Å². The Balaban J connectivity index is 1.64. The minimum atomic E-state index is -0.406. The van der Waals surface area contributed by atoms with Crippen molar-refractivity contribution in [2.24, 2.45) is 5.73 Å². The molecule has 0 aliphatic heterocycles. The van der Waals surface area contributed by atoms with Gasteiger partial charge in [0.1, 0.15) is 12.0 Å². The molecule has 5 nitrogen and oxygen atoms in total. The Morgan fingerprint density at radius 3 is 2.38 bits per heavy atom. The first-order valence-corrected chi connectivity index (χ1v) is 11.6. The Bertz CT molecular complexity index is 1170. The topological polar surface area (TPSA) is 88.2 Å². The van der Waals surface area contributed by atoms with E-state index in [1.807, 2.05) is 32.2 Å². The average molecular weight is 430 g/mol. The van der Waals surface area contributed by atoms with Gasteiger partial charge in [-0.15, -0.1) is 0 Å². The van der Waals surface area contributed by atoms with Crippen molar-refractivity contribution in [2.75, 3.05) is 5.32 Å². The predicted octanol–water partition coefficient (Wildman–Crippen LogP) is 5.14. The second kappa shape index (κ2) is 7.89. The Hall–Kier alpha value is -2.92. The number of nitrogens with zero attached hydrogens (tertiary/aromatic N) is 1. The Morgan fingerprint density at radius 2 is 1.75 bits per heavy atom. The molecule has 0 saturated heterocycles. The maximum absolute atomic E-state index is 12.0. The van der Waals surface area contributed by atoms with E-state index >= 15 is 0 Å². The molecular formula is C27H31N3O2. The van der Waals surface area contributed by atoms with Crippen molar-refractivity contribution < 1.29 is 9.90 Å². The standard InChI is InChI=1S/C27H31N3O2/c1-16-11-19(12-17(2)26(16)32)18-3-8-24-22(13-18)25(30-21-6-4-20(28)5-7-21)23(14-29-24)27(15-31)9-10-27/h3,8,11-15,20-21,32H,4-7,9-10,28H2,1-2H3,(H,29,30). The zero-order valence-electron chi connectivity index (χ0n) is 18.8. The second-order valence-electron chi connectivity index (χ2n) is 9.77. The number of aryl methyl sites for hydroxylation is 2. The molecule has 0 atom stereocenters. The quantitative estimate of drug-likeness (QED) is 0.489. The zero-order chi connectivity index (χ0) is 22.5. The Kier molecular flexibility index (Phi) is 5.17. The van der Waals surface area contributed by atoms with Gasteiger partial charge in [0.25, 0.3) is 0 Å². The average Bonchev–Trinajstić information content (AvgIpc) is 3.59. The number of hydrogen-bond acceptors (Lipinski definition) is 5. The maximum Gasteiger partial charge on any atom is 0.130 e. The number of anilines is 1. The molecule has 4 N–H and O–H groups in total. The summed E-state index contributed by atoms with van der Waals surface area (Å²) in [5, 5.41) is 15.0. The lowest BCUT2D eigenvalue weighted by Crippen LogP contribution is -2.33. The number of rotatable bonds is 5. The van der Waals surface area contributed by atoms with Crippen LogP contribution in [0.15, 0.2) is 36.5 Å². The van der Waals surface area contributed by atoms with Crippen LogP contribution in [0.5, 0.6) is 5.75 Å². The van der Waals surface area contributed by atoms with Gasteiger partial charge in [-0.05, 0) is 98.9 Å². The molecule has 0 amide bonds. The summed E-state index contributed by atoms with van der Waals surface area (Å²) in [6, 6.07) is 11.0. The van der Waals surface area contributed by atoms with Gasteiger partial charge in [-0.1, -0.05) is 6.07 Å².